The van der Waals surface area contributed by atoms with E-state index in [-0.39, 0.29) is 36.8 Å². The van der Waals surface area contributed by atoms with Crippen LogP contribution in [0.3, 0.4) is 0 Å². The maximum absolute atomic E-state index is 12.2. The number of hydrogen-bond donors (Lipinski definition) is 2. The van der Waals surface area contributed by atoms with Gasteiger partial charge in [-0.3, -0.25) is 14.4 Å². The SMILES string of the molecule is CCCCC[C@H](O)C=C[C@H]1[C@H](O)CC(=O)[C@@H]1CC(=O)CCCCC(=O)OC. The van der Waals surface area contributed by atoms with Gasteiger partial charge in [-0.05, 0) is 19.3 Å². The summed E-state index contributed by atoms with van der Waals surface area (Å²) in [6.07, 6.45) is 7.61. The first-order valence-corrected chi connectivity index (χ1v) is 10.0. The van der Waals surface area contributed by atoms with Crippen LogP contribution in [0.5, 0.6) is 0 Å². The van der Waals surface area contributed by atoms with Crippen LogP contribution >= 0.6 is 0 Å². The summed E-state index contributed by atoms with van der Waals surface area (Å²) in [5.41, 5.74) is 0. The Morgan fingerprint density at radius 2 is 1.93 bits per heavy atom. The fourth-order valence-corrected chi connectivity index (χ4v) is 3.49. The number of hydrogen-bond acceptors (Lipinski definition) is 6. The second-order valence-electron chi connectivity index (χ2n) is 7.40. The van der Waals surface area contributed by atoms with Gasteiger partial charge in [0.1, 0.15) is 11.6 Å². The maximum Gasteiger partial charge on any atom is 0.305 e. The zero-order valence-electron chi connectivity index (χ0n) is 16.6. The van der Waals surface area contributed by atoms with Crippen molar-refractivity contribution in [3.8, 4) is 0 Å². The highest BCUT2D eigenvalue weighted by molar-refractivity contribution is 5.90. The Labute approximate surface area is 162 Å². The largest absolute Gasteiger partial charge is 0.469 e. The first-order valence-electron chi connectivity index (χ1n) is 10.0. The van der Waals surface area contributed by atoms with E-state index in [0.717, 1.165) is 19.3 Å². The lowest BCUT2D eigenvalue weighted by molar-refractivity contribution is -0.140. The van der Waals surface area contributed by atoms with E-state index in [4.69, 9.17) is 0 Å². The van der Waals surface area contributed by atoms with Crippen molar-refractivity contribution in [2.45, 2.75) is 83.3 Å². The molecule has 6 heteroatoms. The van der Waals surface area contributed by atoms with E-state index < -0.39 is 24.0 Å². The van der Waals surface area contributed by atoms with E-state index in [0.29, 0.717) is 25.7 Å². The Kier molecular flexibility index (Phi) is 11.1. The van der Waals surface area contributed by atoms with Gasteiger partial charge in [0, 0.05) is 37.5 Å². The lowest BCUT2D eigenvalue weighted by Gasteiger charge is -2.17. The number of rotatable bonds is 13. The van der Waals surface area contributed by atoms with E-state index >= 15 is 0 Å². The second kappa shape index (κ2) is 12.8. The van der Waals surface area contributed by atoms with E-state index in [1.165, 1.54) is 7.11 Å². The molecule has 1 aliphatic carbocycles. The normalized spacial score (nSPS) is 23.7. The Morgan fingerprint density at radius 1 is 1.22 bits per heavy atom. The van der Waals surface area contributed by atoms with E-state index in [2.05, 4.69) is 11.7 Å². The third-order valence-corrected chi connectivity index (χ3v) is 5.15. The molecule has 154 valence electrons. The van der Waals surface area contributed by atoms with Crippen molar-refractivity contribution >= 4 is 17.5 Å². The molecular formula is C21H34O6. The summed E-state index contributed by atoms with van der Waals surface area (Å²) in [4.78, 5) is 35.4. The average molecular weight is 382 g/mol. The number of ether oxygens (including phenoxy) is 1. The Hall–Kier alpha value is -1.53. The van der Waals surface area contributed by atoms with Crippen LogP contribution in [0.2, 0.25) is 0 Å². The molecule has 1 saturated carbocycles. The third kappa shape index (κ3) is 8.80. The van der Waals surface area contributed by atoms with E-state index in [9.17, 15) is 24.6 Å². The van der Waals surface area contributed by atoms with Crippen molar-refractivity contribution in [2.75, 3.05) is 7.11 Å². The van der Waals surface area contributed by atoms with Gasteiger partial charge >= 0.3 is 5.97 Å². The number of carbonyl (C=O) groups is 3. The molecule has 0 aliphatic heterocycles. The van der Waals surface area contributed by atoms with Crippen molar-refractivity contribution in [2.24, 2.45) is 11.8 Å². The minimum absolute atomic E-state index is 0.0331. The van der Waals surface area contributed by atoms with Crippen LogP contribution in [-0.4, -0.2) is 47.1 Å². The minimum atomic E-state index is -0.797. The average Bonchev–Trinajstić information content (AvgIpc) is 2.89. The summed E-state index contributed by atoms with van der Waals surface area (Å²) in [5, 5.41) is 20.2. The number of aliphatic hydroxyl groups excluding tert-OH is 2. The zero-order valence-corrected chi connectivity index (χ0v) is 16.6. The van der Waals surface area contributed by atoms with Gasteiger partial charge < -0.3 is 14.9 Å². The van der Waals surface area contributed by atoms with Crippen molar-refractivity contribution in [1.82, 2.24) is 0 Å². The lowest BCUT2D eigenvalue weighted by Crippen LogP contribution is -2.22. The van der Waals surface area contributed by atoms with Crippen LogP contribution in [0.25, 0.3) is 0 Å². The second-order valence-corrected chi connectivity index (χ2v) is 7.40. The predicted molar refractivity (Wildman–Crippen MR) is 102 cm³/mol. The van der Waals surface area contributed by atoms with Crippen molar-refractivity contribution in [1.29, 1.82) is 0 Å². The number of esters is 1. The van der Waals surface area contributed by atoms with Crippen LogP contribution in [-0.2, 0) is 19.1 Å². The lowest BCUT2D eigenvalue weighted by atomic mass is 9.88. The number of Topliss-reactive ketones (excluding diaryl/α,β-unsaturated/α-hetero) is 2. The maximum atomic E-state index is 12.2. The van der Waals surface area contributed by atoms with Gasteiger partial charge in [0.2, 0.25) is 0 Å². The number of unbranched alkanes of at least 4 members (excludes halogenated alkanes) is 3. The molecule has 4 atom stereocenters. The predicted octanol–water partition coefficient (Wildman–Crippen LogP) is 2.74. The molecule has 0 unspecified atom stereocenters. The summed E-state index contributed by atoms with van der Waals surface area (Å²) in [6, 6.07) is 0. The molecule has 0 spiro atoms. The molecule has 1 aliphatic rings. The van der Waals surface area contributed by atoms with Crippen LogP contribution in [0.1, 0.15) is 71.1 Å². The summed E-state index contributed by atoms with van der Waals surface area (Å²) < 4.78 is 4.56. The molecule has 1 fully saturated rings. The van der Waals surface area contributed by atoms with Crippen molar-refractivity contribution in [3.05, 3.63) is 12.2 Å². The summed E-state index contributed by atoms with van der Waals surface area (Å²) in [6.45, 7) is 2.10. The topological polar surface area (TPSA) is 101 Å². The highest BCUT2D eigenvalue weighted by atomic mass is 16.5. The third-order valence-electron chi connectivity index (χ3n) is 5.15. The Balaban J connectivity index is 2.49. The molecule has 2 N–H and O–H groups in total. The molecule has 6 nitrogen and oxygen atoms in total. The molecule has 0 saturated heterocycles. The van der Waals surface area contributed by atoms with E-state index in [1.54, 1.807) is 12.2 Å². The minimum Gasteiger partial charge on any atom is -0.469 e. The number of carbonyl (C=O) groups excluding carboxylic acids is 3. The zero-order chi connectivity index (χ0) is 20.2. The van der Waals surface area contributed by atoms with Gasteiger partial charge in [-0.2, -0.15) is 0 Å². The molecule has 0 bridgehead atoms. The van der Waals surface area contributed by atoms with Gasteiger partial charge in [0.05, 0.1) is 19.3 Å². The van der Waals surface area contributed by atoms with Gasteiger partial charge in [-0.1, -0.05) is 38.3 Å². The monoisotopic (exact) mass is 382 g/mol. The van der Waals surface area contributed by atoms with Gasteiger partial charge in [0.25, 0.3) is 0 Å². The number of methoxy groups -OCH3 is 1. The fraction of sp³-hybridized carbons (Fsp3) is 0.762. The first kappa shape index (κ1) is 23.5. The fourth-order valence-electron chi connectivity index (χ4n) is 3.49. The molecule has 0 aromatic carbocycles. The summed E-state index contributed by atoms with van der Waals surface area (Å²) >= 11 is 0. The molecule has 0 radical (unpaired) electrons. The van der Waals surface area contributed by atoms with Gasteiger partial charge in [0.15, 0.2) is 0 Å². The molecule has 1 rings (SSSR count). The van der Waals surface area contributed by atoms with Crippen molar-refractivity contribution < 1.29 is 29.3 Å². The quantitative estimate of drug-likeness (QED) is 0.289. The van der Waals surface area contributed by atoms with Crippen LogP contribution in [0, 0.1) is 11.8 Å². The first-order chi connectivity index (χ1) is 12.9. The highest BCUT2D eigenvalue weighted by Crippen LogP contribution is 2.33. The van der Waals surface area contributed by atoms with Crippen LogP contribution < -0.4 is 0 Å². The summed E-state index contributed by atoms with van der Waals surface area (Å²) in [7, 11) is 1.33. The summed E-state index contributed by atoms with van der Waals surface area (Å²) in [5.74, 6) is -1.36. The number of aliphatic hydroxyl groups is 2. The standard InChI is InChI=1S/C21H34O6/c1-3-4-5-8-15(22)11-12-17-18(20(25)14-19(17)24)13-16(23)9-6-7-10-21(26)27-2/h11-12,15,17-19,22,24H,3-10,13-14H2,1-2H3/t15-,17+,18+,19+/m0/s1. The van der Waals surface area contributed by atoms with Crippen molar-refractivity contribution in [3.63, 3.8) is 0 Å². The molecule has 0 heterocycles. The number of ketones is 2. The van der Waals surface area contributed by atoms with Gasteiger partial charge in [-0.15, -0.1) is 0 Å². The Bertz CT molecular complexity index is 513. The van der Waals surface area contributed by atoms with E-state index in [1.807, 2.05) is 0 Å². The molecular weight excluding hydrogens is 348 g/mol. The highest BCUT2D eigenvalue weighted by Gasteiger charge is 2.40. The van der Waals surface area contributed by atoms with Gasteiger partial charge in [-0.25, -0.2) is 0 Å². The molecule has 0 aromatic heterocycles. The smallest absolute Gasteiger partial charge is 0.305 e. The Morgan fingerprint density at radius 3 is 2.59 bits per heavy atom. The van der Waals surface area contributed by atoms with Crippen LogP contribution in [0.4, 0.5) is 0 Å². The van der Waals surface area contributed by atoms with Crippen LogP contribution in [0.15, 0.2) is 12.2 Å². The molecule has 27 heavy (non-hydrogen) atoms. The molecule has 0 aromatic rings. The molecule has 0 amide bonds.